The molecule has 0 radical (unpaired) electrons. The van der Waals surface area contributed by atoms with Gasteiger partial charge in [-0.15, -0.1) is 0 Å². The zero-order valence-corrected chi connectivity index (χ0v) is 8.94. The molecule has 0 aliphatic carbocycles. The van der Waals surface area contributed by atoms with Gasteiger partial charge in [-0.1, -0.05) is 0 Å². The summed E-state index contributed by atoms with van der Waals surface area (Å²) in [4.78, 5) is 10.4. The second-order valence-corrected chi connectivity index (χ2v) is 3.73. The molecule has 15 heavy (non-hydrogen) atoms. The van der Waals surface area contributed by atoms with E-state index in [0.717, 1.165) is 25.2 Å². The van der Waals surface area contributed by atoms with E-state index < -0.39 is 0 Å². The Hall–Kier alpha value is -1.36. The van der Waals surface area contributed by atoms with Gasteiger partial charge >= 0.3 is 0 Å². The van der Waals surface area contributed by atoms with E-state index in [4.69, 9.17) is 10.5 Å². The molecule has 0 saturated carbocycles. The molecule has 5 heteroatoms. The van der Waals surface area contributed by atoms with Crippen LogP contribution in [0, 0.1) is 0 Å². The van der Waals surface area contributed by atoms with Crippen molar-refractivity contribution in [1.82, 2.24) is 14.9 Å². The Morgan fingerprint density at radius 2 is 2.13 bits per heavy atom. The van der Waals surface area contributed by atoms with Crippen molar-refractivity contribution >= 4 is 5.82 Å². The van der Waals surface area contributed by atoms with Crippen molar-refractivity contribution in [3.05, 3.63) is 11.9 Å². The minimum atomic E-state index is 0.522. The fourth-order valence-corrected chi connectivity index (χ4v) is 1.90. The lowest BCUT2D eigenvalue weighted by Crippen LogP contribution is -2.20. The van der Waals surface area contributed by atoms with E-state index in [9.17, 15) is 0 Å². The number of aromatic nitrogens is 2. The van der Waals surface area contributed by atoms with Gasteiger partial charge in [0.2, 0.25) is 5.88 Å². The maximum Gasteiger partial charge on any atom is 0.222 e. The summed E-state index contributed by atoms with van der Waals surface area (Å²) >= 11 is 0. The van der Waals surface area contributed by atoms with Gasteiger partial charge in [0.15, 0.2) is 0 Å². The lowest BCUT2D eigenvalue weighted by Gasteiger charge is -2.16. The van der Waals surface area contributed by atoms with Crippen LogP contribution in [0.25, 0.3) is 0 Å². The summed E-state index contributed by atoms with van der Waals surface area (Å²) in [5, 5.41) is 0. The van der Waals surface area contributed by atoms with Crippen LogP contribution in [0.3, 0.4) is 0 Å². The van der Waals surface area contributed by atoms with E-state index >= 15 is 0 Å². The molecule has 2 rings (SSSR count). The lowest BCUT2D eigenvalue weighted by molar-refractivity contribution is 0.317. The molecule has 5 nitrogen and oxygen atoms in total. The number of nitrogen functional groups attached to an aromatic ring is 1. The quantitative estimate of drug-likeness (QED) is 0.790. The van der Waals surface area contributed by atoms with E-state index in [1.807, 2.05) is 0 Å². The summed E-state index contributed by atoms with van der Waals surface area (Å²) in [5.41, 5.74) is 6.72. The van der Waals surface area contributed by atoms with Crippen LogP contribution in [0.15, 0.2) is 6.33 Å². The zero-order chi connectivity index (χ0) is 10.7. The maximum absolute atomic E-state index is 5.82. The summed E-state index contributed by atoms with van der Waals surface area (Å²) in [6.07, 6.45) is 3.95. The Balaban J connectivity index is 2.17. The Labute approximate surface area is 89.3 Å². The van der Waals surface area contributed by atoms with Crippen LogP contribution in [0.2, 0.25) is 0 Å². The van der Waals surface area contributed by atoms with Gasteiger partial charge in [-0.3, -0.25) is 4.90 Å². The third-order valence-corrected chi connectivity index (χ3v) is 2.71. The smallest absolute Gasteiger partial charge is 0.222 e. The van der Waals surface area contributed by atoms with Crippen molar-refractivity contribution in [2.45, 2.75) is 19.4 Å². The van der Waals surface area contributed by atoms with Crippen molar-refractivity contribution < 1.29 is 4.74 Å². The first-order valence-electron chi connectivity index (χ1n) is 5.17. The summed E-state index contributed by atoms with van der Waals surface area (Å²) in [6, 6.07) is 0. The SMILES string of the molecule is COc1ncnc(N)c1CN1CCCC1. The maximum atomic E-state index is 5.82. The third-order valence-electron chi connectivity index (χ3n) is 2.71. The fraction of sp³-hybridized carbons (Fsp3) is 0.600. The number of nitrogens with two attached hydrogens (primary N) is 1. The molecule has 82 valence electrons. The van der Waals surface area contributed by atoms with Gasteiger partial charge in [0.25, 0.3) is 0 Å². The monoisotopic (exact) mass is 208 g/mol. The van der Waals surface area contributed by atoms with E-state index in [1.165, 1.54) is 19.2 Å². The number of hydrogen-bond donors (Lipinski definition) is 1. The summed E-state index contributed by atoms with van der Waals surface area (Å²) < 4.78 is 5.18. The second-order valence-electron chi connectivity index (χ2n) is 3.73. The standard InChI is InChI=1S/C10H16N4O/c1-15-10-8(9(11)12-7-13-10)6-14-4-2-3-5-14/h7H,2-6H2,1H3,(H2,11,12,13). The molecule has 1 aromatic rings. The van der Waals surface area contributed by atoms with Crippen LogP contribution < -0.4 is 10.5 Å². The van der Waals surface area contributed by atoms with Crippen molar-refractivity contribution in [2.24, 2.45) is 0 Å². The summed E-state index contributed by atoms with van der Waals surface area (Å²) in [7, 11) is 1.61. The molecule has 1 fully saturated rings. The Morgan fingerprint density at radius 3 is 2.80 bits per heavy atom. The Morgan fingerprint density at radius 1 is 1.40 bits per heavy atom. The van der Waals surface area contributed by atoms with Crippen molar-refractivity contribution in [3.63, 3.8) is 0 Å². The average Bonchev–Trinajstić information content (AvgIpc) is 2.74. The van der Waals surface area contributed by atoms with Gasteiger partial charge in [0, 0.05) is 6.54 Å². The van der Waals surface area contributed by atoms with E-state index in [2.05, 4.69) is 14.9 Å². The highest BCUT2D eigenvalue weighted by Crippen LogP contribution is 2.22. The number of hydrogen-bond acceptors (Lipinski definition) is 5. The van der Waals surface area contributed by atoms with Gasteiger partial charge in [0.1, 0.15) is 12.1 Å². The molecule has 2 heterocycles. The van der Waals surface area contributed by atoms with Gasteiger partial charge in [-0.25, -0.2) is 9.97 Å². The van der Waals surface area contributed by atoms with Crippen LogP contribution in [-0.4, -0.2) is 35.1 Å². The van der Waals surface area contributed by atoms with Crippen LogP contribution >= 0.6 is 0 Å². The number of ether oxygens (including phenoxy) is 1. The van der Waals surface area contributed by atoms with Gasteiger partial charge in [0.05, 0.1) is 12.7 Å². The van der Waals surface area contributed by atoms with E-state index in [-0.39, 0.29) is 0 Å². The topological polar surface area (TPSA) is 64.3 Å². The Kier molecular flexibility index (Phi) is 3.01. The fourth-order valence-electron chi connectivity index (χ4n) is 1.90. The number of methoxy groups -OCH3 is 1. The highest BCUT2D eigenvalue weighted by atomic mass is 16.5. The zero-order valence-electron chi connectivity index (χ0n) is 8.94. The lowest BCUT2D eigenvalue weighted by atomic mass is 10.2. The molecule has 1 aromatic heterocycles. The Bertz CT molecular complexity index is 336. The van der Waals surface area contributed by atoms with Crippen molar-refractivity contribution in [2.75, 3.05) is 25.9 Å². The molecule has 0 bridgehead atoms. The summed E-state index contributed by atoms with van der Waals surface area (Å²) in [6.45, 7) is 3.03. The molecule has 0 unspecified atom stereocenters. The molecular formula is C10H16N4O. The van der Waals surface area contributed by atoms with Crippen LogP contribution in [0.5, 0.6) is 5.88 Å². The highest BCUT2D eigenvalue weighted by molar-refractivity contribution is 5.44. The second kappa shape index (κ2) is 4.44. The predicted octanol–water partition coefficient (Wildman–Crippen LogP) is 0.663. The molecule has 1 aliphatic heterocycles. The van der Waals surface area contributed by atoms with Gasteiger partial charge in [-0.2, -0.15) is 0 Å². The normalized spacial score (nSPS) is 16.9. The largest absolute Gasteiger partial charge is 0.481 e. The molecule has 0 amide bonds. The van der Waals surface area contributed by atoms with Gasteiger partial charge < -0.3 is 10.5 Å². The average molecular weight is 208 g/mol. The first-order valence-corrected chi connectivity index (χ1v) is 5.17. The number of rotatable bonds is 3. The van der Waals surface area contributed by atoms with Crippen molar-refractivity contribution in [3.8, 4) is 5.88 Å². The summed E-state index contributed by atoms with van der Waals surface area (Å²) in [5.74, 6) is 1.11. The molecular weight excluding hydrogens is 192 g/mol. The van der Waals surface area contributed by atoms with Crippen LogP contribution in [0.4, 0.5) is 5.82 Å². The molecule has 1 aliphatic rings. The third kappa shape index (κ3) is 2.18. The highest BCUT2D eigenvalue weighted by Gasteiger charge is 2.17. The minimum Gasteiger partial charge on any atom is -0.481 e. The van der Waals surface area contributed by atoms with E-state index in [0.29, 0.717) is 11.7 Å². The van der Waals surface area contributed by atoms with Gasteiger partial charge in [-0.05, 0) is 25.9 Å². The first kappa shape index (κ1) is 10.2. The molecule has 0 atom stereocenters. The molecule has 2 N–H and O–H groups in total. The van der Waals surface area contributed by atoms with Crippen LogP contribution in [-0.2, 0) is 6.54 Å². The van der Waals surface area contributed by atoms with Crippen LogP contribution in [0.1, 0.15) is 18.4 Å². The van der Waals surface area contributed by atoms with E-state index in [1.54, 1.807) is 7.11 Å². The molecule has 0 spiro atoms. The minimum absolute atomic E-state index is 0.522. The number of likely N-dealkylation sites (tertiary alicyclic amines) is 1. The van der Waals surface area contributed by atoms with Crippen molar-refractivity contribution in [1.29, 1.82) is 0 Å². The molecule has 1 saturated heterocycles. The first-order chi connectivity index (χ1) is 7.31. The number of anilines is 1. The molecule has 0 aromatic carbocycles. The number of nitrogens with zero attached hydrogens (tertiary/aromatic N) is 3. The predicted molar refractivity (Wildman–Crippen MR) is 57.5 cm³/mol.